The Kier molecular flexibility index (Phi) is 6.63. The topological polar surface area (TPSA) is 93.4 Å². The van der Waals surface area contributed by atoms with Gasteiger partial charge >= 0.3 is 12.2 Å². The van der Waals surface area contributed by atoms with Crippen molar-refractivity contribution in [2.75, 3.05) is 25.1 Å². The third kappa shape index (κ3) is 5.49. The normalized spacial score (nSPS) is 17.2. The average Bonchev–Trinajstić information content (AvgIpc) is 3.18. The van der Waals surface area contributed by atoms with E-state index in [0.29, 0.717) is 23.2 Å². The SMILES string of the molecule is C[C@H]1COCCN1Cc1ccc(-c2cc(NC(N)=O)c(-c3ccnc(C(F)(F)F)n3)s2)cc1. The predicted octanol–water partition coefficient (Wildman–Crippen LogP) is 4.60. The number of nitrogens with one attached hydrogen (secondary N) is 1. The first-order chi connectivity index (χ1) is 15.7. The largest absolute Gasteiger partial charge is 0.451 e. The minimum atomic E-state index is -4.68. The van der Waals surface area contributed by atoms with Crippen LogP contribution in [0.3, 0.4) is 0 Å². The molecule has 174 valence electrons. The maximum atomic E-state index is 13.1. The maximum Gasteiger partial charge on any atom is 0.451 e. The molecule has 3 N–H and O–H groups in total. The predicted molar refractivity (Wildman–Crippen MR) is 120 cm³/mol. The molecule has 3 heterocycles. The Balaban J connectivity index is 1.62. The van der Waals surface area contributed by atoms with Gasteiger partial charge in [0, 0.05) is 30.2 Å². The molecule has 1 aromatic carbocycles. The van der Waals surface area contributed by atoms with Crippen molar-refractivity contribution in [3.63, 3.8) is 0 Å². The van der Waals surface area contributed by atoms with E-state index in [1.165, 1.54) is 17.4 Å². The second kappa shape index (κ2) is 9.46. The van der Waals surface area contributed by atoms with Gasteiger partial charge in [0.1, 0.15) is 0 Å². The van der Waals surface area contributed by atoms with Crippen molar-refractivity contribution < 1.29 is 22.7 Å². The molecule has 11 heteroatoms. The van der Waals surface area contributed by atoms with Crippen LogP contribution >= 0.6 is 11.3 Å². The molecule has 0 spiro atoms. The highest BCUT2D eigenvalue weighted by atomic mass is 32.1. The molecule has 1 atom stereocenters. The smallest absolute Gasteiger partial charge is 0.379 e. The zero-order valence-corrected chi connectivity index (χ0v) is 18.5. The summed E-state index contributed by atoms with van der Waals surface area (Å²) in [5.74, 6) is -1.25. The molecule has 3 aromatic rings. The van der Waals surface area contributed by atoms with Gasteiger partial charge in [0.25, 0.3) is 0 Å². The zero-order chi connectivity index (χ0) is 23.6. The Morgan fingerprint density at radius 3 is 2.73 bits per heavy atom. The van der Waals surface area contributed by atoms with Gasteiger partial charge in [-0.1, -0.05) is 24.3 Å². The summed E-state index contributed by atoms with van der Waals surface area (Å²) in [6.45, 7) is 5.24. The quantitative estimate of drug-likeness (QED) is 0.560. The molecular weight excluding hydrogens is 455 g/mol. The highest BCUT2D eigenvalue weighted by Crippen LogP contribution is 2.41. The first kappa shape index (κ1) is 23.1. The molecule has 1 aliphatic rings. The van der Waals surface area contributed by atoms with E-state index in [1.54, 1.807) is 6.07 Å². The van der Waals surface area contributed by atoms with Crippen molar-refractivity contribution in [2.45, 2.75) is 25.7 Å². The van der Waals surface area contributed by atoms with Gasteiger partial charge in [0.2, 0.25) is 5.82 Å². The lowest BCUT2D eigenvalue weighted by Crippen LogP contribution is -2.42. The number of amides is 2. The maximum absolute atomic E-state index is 13.1. The number of halogens is 3. The van der Waals surface area contributed by atoms with E-state index in [-0.39, 0.29) is 5.69 Å². The molecular formula is C22H22F3N5O2S. The molecule has 7 nitrogen and oxygen atoms in total. The number of carbonyl (C=O) groups excluding carboxylic acids is 1. The van der Waals surface area contributed by atoms with Gasteiger partial charge in [0.05, 0.1) is 29.5 Å². The van der Waals surface area contributed by atoms with Crippen molar-refractivity contribution in [1.82, 2.24) is 14.9 Å². The Labute approximate surface area is 192 Å². The van der Waals surface area contributed by atoms with Crippen molar-refractivity contribution in [1.29, 1.82) is 0 Å². The molecule has 1 saturated heterocycles. The number of thiophene rings is 1. The Morgan fingerprint density at radius 1 is 1.30 bits per heavy atom. The number of alkyl halides is 3. The van der Waals surface area contributed by atoms with E-state index in [9.17, 15) is 18.0 Å². The van der Waals surface area contributed by atoms with Crippen molar-refractivity contribution in [2.24, 2.45) is 5.73 Å². The van der Waals surface area contributed by atoms with Crippen LogP contribution in [0.25, 0.3) is 21.0 Å². The van der Waals surface area contributed by atoms with Gasteiger partial charge in [-0.3, -0.25) is 4.90 Å². The summed E-state index contributed by atoms with van der Waals surface area (Å²) in [4.78, 5) is 21.9. The number of nitrogens with two attached hydrogens (primary N) is 1. The summed E-state index contributed by atoms with van der Waals surface area (Å²) in [7, 11) is 0. The van der Waals surface area contributed by atoms with Crippen LogP contribution in [0.4, 0.5) is 23.7 Å². The van der Waals surface area contributed by atoms with E-state index in [1.807, 2.05) is 24.3 Å². The summed E-state index contributed by atoms with van der Waals surface area (Å²) in [6, 6.07) is 10.5. The number of aromatic nitrogens is 2. The number of urea groups is 1. The van der Waals surface area contributed by atoms with E-state index in [0.717, 1.165) is 41.9 Å². The number of primary amides is 1. The number of carbonyl (C=O) groups is 1. The van der Waals surface area contributed by atoms with Crippen LogP contribution in [0, 0.1) is 0 Å². The molecule has 2 aromatic heterocycles. The highest BCUT2D eigenvalue weighted by Gasteiger charge is 2.35. The number of rotatable bonds is 5. The van der Waals surface area contributed by atoms with Crippen LogP contribution in [0.2, 0.25) is 0 Å². The summed E-state index contributed by atoms with van der Waals surface area (Å²) < 4.78 is 44.7. The number of hydrogen-bond acceptors (Lipinski definition) is 6. The minimum absolute atomic E-state index is 0.0512. The number of morpholine rings is 1. The van der Waals surface area contributed by atoms with Crippen molar-refractivity contribution >= 4 is 23.1 Å². The van der Waals surface area contributed by atoms with E-state index in [4.69, 9.17) is 10.5 Å². The number of anilines is 1. The van der Waals surface area contributed by atoms with Gasteiger partial charge in [-0.15, -0.1) is 11.3 Å². The Morgan fingerprint density at radius 2 is 2.06 bits per heavy atom. The van der Waals surface area contributed by atoms with E-state index >= 15 is 0 Å². The summed E-state index contributed by atoms with van der Waals surface area (Å²) in [5.41, 5.74) is 7.62. The molecule has 0 saturated carbocycles. The van der Waals surface area contributed by atoms with Crippen LogP contribution in [0.1, 0.15) is 18.3 Å². The summed E-state index contributed by atoms with van der Waals surface area (Å²) >= 11 is 1.21. The number of ether oxygens (including phenoxy) is 1. The Bertz CT molecular complexity index is 1130. The highest BCUT2D eigenvalue weighted by molar-refractivity contribution is 7.19. The zero-order valence-electron chi connectivity index (χ0n) is 17.7. The van der Waals surface area contributed by atoms with Gasteiger partial charge in [-0.25, -0.2) is 14.8 Å². The van der Waals surface area contributed by atoms with Gasteiger partial charge in [0.15, 0.2) is 0 Å². The van der Waals surface area contributed by atoms with Crippen LogP contribution in [-0.2, 0) is 17.5 Å². The number of benzene rings is 1. The first-order valence-electron chi connectivity index (χ1n) is 10.2. The molecule has 1 aliphatic heterocycles. The van der Waals surface area contributed by atoms with Crippen LogP contribution < -0.4 is 11.1 Å². The lowest BCUT2D eigenvalue weighted by atomic mass is 10.1. The van der Waals surface area contributed by atoms with Crippen molar-refractivity contribution in [3.8, 4) is 21.0 Å². The van der Waals surface area contributed by atoms with Gasteiger partial charge in [-0.2, -0.15) is 13.2 Å². The van der Waals surface area contributed by atoms with Crippen LogP contribution in [-0.4, -0.2) is 46.7 Å². The summed E-state index contributed by atoms with van der Waals surface area (Å²) in [5, 5.41) is 2.48. The molecule has 1 fully saturated rings. The second-order valence-corrected chi connectivity index (χ2v) is 8.75. The average molecular weight is 478 g/mol. The standard InChI is InChI=1S/C22H22F3N5O2S/c1-13-12-32-9-8-30(13)11-14-2-4-15(5-3-14)18-10-17(29-21(26)31)19(33-18)16-6-7-27-20(28-16)22(23,24)25/h2-7,10,13H,8-9,11-12H2,1H3,(H3,26,29,31)/t13-/m0/s1. The monoisotopic (exact) mass is 477 g/mol. The number of nitrogens with zero attached hydrogens (tertiary/aromatic N) is 3. The minimum Gasteiger partial charge on any atom is -0.379 e. The molecule has 2 amide bonds. The third-order valence-electron chi connectivity index (χ3n) is 5.26. The number of hydrogen-bond donors (Lipinski definition) is 2. The molecule has 33 heavy (non-hydrogen) atoms. The third-order valence-corrected chi connectivity index (χ3v) is 6.47. The summed E-state index contributed by atoms with van der Waals surface area (Å²) in [6.07, 6.45) is -3.64. The van der Waals surface area contributed by atoms with Gasteiger partial charge < -0.3 is 15.8 Å². The molecule has 4 rings (SSSR count). The fourth-order valence-electron chi connectivity index (χ4n) is 3.58. The fourth-order valence-corrected chi connectivity index (χ4v) is 4.66. The fraction of sp³-hybridized carbons (Fsp3) is 0.318. The van der Waals surface area contributed by atoms with Gasteiger partial charge in [-0.05, 0) is 30.2 Å². The Hall–Kier alpha value is -3.02. The lowest BCUT2D eigenvalue weighted by Gasteiger charge is -2.33. The van der Waals surface area contributed by atoms with E-state index < -0.39 is 18.0 Å². The van der Waals surface area contributed by atoms with Crippen LogP contribution in [0.5, 0.6) is 0 Å². The van der Waals surface area contributed by atoms with Crippen molar-refractivity contribution in [3.05, 3.63) is 54.0 Å². The molecule has 0 aliphatic carbocycles. The molecule has 0 unspecified atom stereocenters. The molecule has 0 radical (unpaired) electrons. The van der Waals surface area contributed by atoms with E-state index in [2.05, 4.69) is 27.1 Å². The first-order valence-corrected chi connectivity index (χ1v) is 11.0. The lowest BCUT2D eigenvalue weighted by molar-refractivity contribution is -0.144. The molecule has 0 bridgehead atoms. The second-order valence-electron chi connectivity index (χ2n) is 7.70. The van der Waals surface area contributed by atoms with Crippen LogP contribution in [0.15, 0.2) is 42.6 Å².